The molecule has 0 aromatic carbocycles. The molecule has 0 aromatic heterocycles. The van der Waals surface area contributed by atoms with Crippen molar-refractivity contribution in [2.24, 2.45) is 16.7 Å². The predicted octanol–water partition coefficient (Wildman–Crippen LogP) is 4.37. The Morgan fingerprint density at radius 1 is 1.00 bits per heavy atom. The zero-order valence-electron chi connectivity index (χ0n) is 12.5. The normalized spacial score (nSPS) is 40.4. The third kappa shape index (κ3) is 3.05. The van der Waals surface area contributed by atoms with Crippen LogP contribution < -0.4 is 5.32 Å². The molecule has 0 saturated heterocycles. The Labute approximate surface area is 108 Å². The van der Waals surface area contributed by atoms with Crippen LogP contribution in [0.5, 0.6) is 0 Å². The van der Waals surface area contributed by atoms with E-state index in [1.165, 1.54) is 38.5 Å². The first-order valence-electron chi connectivity index (χ1n) is 7.56. The van der Waals surface area contributed by atoms with Crippen molar-refractivity contribution in [2.75, 3.05) is 0 Å². The van der Waals surface area contributed by atoms with Crippen LogP contribution in [0.1, 0.15) is 73.1 Å². The number of rotatable bonds is 2. The summed E-state index contributed by atoms with van der Waals surface area (Å²) in [6, 6.07) is 1.50. The van der Waals surface area contributed by atoms with Crippen molar-refractivity contribution in [3.8, 4) is 0 Å². The smallest absolute Gasteiger partial charge is 0.0121 e. The van der Waals surface area contributed by atoms with Crippen LogP contribution in [0.4, 0.5) is 0 Å². The molecule has 0 amide bonds. The average molecular weight is 237 g/mol. The maximum Gasteiger partial charge on any atom is 0.0121 e. The zero-order valence-corrected chi connectivity index (χ0v) is 12.5. The second kappa shape index (κ2) is 4.57. The molecule has 100 valence electrons. The Morgan fingerprint density at radius 3 is 2.24 bits per heavy atom. The van der Waals surface area contributed by atoms with E-state index in [9.17, 15) is 0 Å². The molecule has 2 aliphatic rings. The van der Waals surface area contributed by atoms with Gasteiger partial charge in [-0.3, -0.25) is 0 Å². The SMILES string of the molecule is CC1CC(C)(C)CC1NC1CCCCC1(C)C. The van der Waals surface area contributed by atoms with Crippen molar-refractivity contribution in [1.29, 1.82) is 0 Å². The van der Waals surface area contributed by atoms with E-state index in [1.807, 2.05) is 0 Å². The number of hydrogen-bond acceptors (Lipinski definition) is 1. The summed E-state index contributed by atoms with van der Waals surface area (Å²) in [6.45, 7) is 12.2. The molecule has 0 spiro atoms. The van der Waals surface area contributed by atoms with E-state index < -0.39 is 0 Å². The monoisotopic (exact) mass is 237 g/mol. The van der Waals surface area contributed by atoms with Crippen molar-refractivity contribution in [1.82, 2.24) is 5.32 Å². The molecule has 2 fully saturated rings. The van der Waals surface area contributed by atoms with E-state index in [-0.39, 0.29) is 0 Å². The molecular formula is C16H31N. The Kier molecular flexibility index (Phi) is 3.60. The average Bonchev–Trinajstić information content (AvgIpc) is 2.43. The Bertz CT molecular complexity index is 267. The molecule has 1 N–H and O–H groups in total. The lowest BCUT2D eigenvalue weighted by Gasteiger charge is -2.41. The number of nitrogens with one attached hydrogen (secondary N) is 1. The summed E-state index contributed by atoms with van der Waals surface area (Å²) in [4.78, 5) is 0. The molecule has 0 heterocycles. The highest BCUT2D eigenvalue weighted by molar-refractivity contribution is 4.96. The molecule has 2 rings (SSSR count). The summed E-state index contributed by atoms with van der Waals surface area (Å²) >= 11 is 0. The molecule has 0 radical (unpaired) electrons. The zero-order chi connectivity index (χ0) is 12.7. The fraction of sp³-hybridized carbons (Fsp3) is 1.00. The maximum atomic E-state index is 4.01. The van der Waals surface area contributed by atoms with Gasteiger partial charge in [-0.25, -0.2) is 0 Å². The molecule has 3 atom stereocenters. The highest BCUT2D eigenvalue weighted by atomic mass is 15.0. The first-order chi connectivity index (χ1) is 7.80. The lowest BCUT2D eigenvalue weighted by molar-refractivity contribution is 0.147. The third-order valence-corrected chi connectivity index (χ3v) is 5.26. The molecule has 2 saturated carbocycles. The van der Waals surface area contributed by atoms with Gasteiger partial charge in [0.25, 0.3) is 0 Å². The van der Waals surface area contributed by atoms with Gasteiger partial charge in [0.05, 0.1) is 0 Å². The highest BCUT2D eigenvalue weighted by Gasteiger charge is 2.40. The second-order valence-corrected chi connectivity index (χ2v) is 8.11. The van der Waals surface area contributed by atoms with Crippen molar-refractivity contribution in [2.45, 2.75) is 85.2 Å². The maximum absolute atomic E-state index is 4.01. The summed E-state index contributed by atoms with van der Waals surface area (Å²) in [7, 11) is 0. The van der Waals surface area contributed by atoms with Gasteiger partial charge in [0, 0.05) is 12.1 Å². The Hall–Kier alpha value is -0.0400. The molecule has 17 heavy (non-hydrogen) atoms. The lowest BCUT2D eigenvalue weighted by atomic mass is 9.73. The largest absolute Gasteiger partial charge is 0.310 e. The number of hydrogen-bond donors (Lipinski definition) is 1. The topological polar surface area (TPSA) is 12.0 Å². The van der Waals surface area contributed by atoms with Crippen molar-refractivity contribution >= 4 is 0 Å². The van der Waals surface area contributed by atoms with Gasteiger partial charge in [-0.05, 0) is 42.4 Å². The Balaban J connectivity index is 1.96. The van der Waals surface area contributed by atoms with E-state index in [0.717, 1.165) is 18.0 Å². The van der Waals surface area contributed by atoms with Gasteiger partial charge < -0.3 is 5.32 Å². The fourth-order valence-corrected chi connectivity index (χ4v) is 4.18. The van der Waals surface area contributed by atoms with Crippen molar-refractivity contribution in [3.63, 3.8) is 0 Å². The van der Waals surface area contributed by atoms with Crippen LogP contribution in [-0.2, 0) is 0 Å². The summed E-state index contributed by atoms with van der Waals surface area (Å²) in [5.74, 6) is 0.850. The van der Waals surface area contributed by atoms with Crippen LogP contribution in [0.25, 0.3) is 0 Å². The molecule has 2 aliphatic carbocycles. The van der Waals surface area contributed by atoms with Gasteiger partial charge in [-0.2, -0.15) is 0 Å². The lowest BCUT2D eigenvalue weighted by Crippen LogP contribution is -2.49. The van der Waals surface area contributed by atoms with E-state index in [0.29, 0.717) is 10.8 Å². The quantitative estimate of drug-likeness (QED) is 0.752. The molecule has 1 heteroatoms. The van der Waals surface area contributed by atoms with Crippen LogP contribution in [-0.4, -0.2) is 12.1 Å². The summed E-state index contributed by atoms with van der Waals surface area (Å²) in [6.07, 6.45) is 8.38. The molecule has 0 bridgehead atoms. The molecule has 3 unspecified atom stereocenters. The minimum absolute atomic E-state index is 0.505. The Morgan fingerprint density at radius 2 is 1.71 bits per heavy atom. The summed E-state index contributed by atoms with van der Waals surface area (Å²) < 4.78 is 0. The van der Waals surface area contributed by atoms with Gasteiger partial charge in [0.15, 0.2) is 0 Å². The first-order valence-corrected chi connectivity index (χ1v) is 7.56. The van der Waals surface area contributed by atoms with Crippen LogP contribution in [0, 0.1) is 16.7 Å². The van der Waals surface area contributed by atoms with Crippen LogP contribution in [0.2, 0.25) is 0 Å². The third-order valence-electron chi connectivity index (χ3n) is 5.26. The van der Waals surface area contributed by atoms with Crippen molar-refractivity contribution < 1.29 is 0 Å². The first kappa shape index (κ1) is 13.4. The highest BCUT2D eigenvalue weighted by Crippen LogP contribution is 2.43. The summed E-state index contributed by atoms with van der Waals surface area (Å²) in [5.41, 5.74) is 1.06. The molecular weight excluding hydrogens is 206 g/mol. The predicted molar refractivity (Wildman–Crippen MR) is 75.1 cm³/mol. The van der Waals surface area contributed by atoms with E-state index in [2.05, 4.69) is 39.9 Å². The van der Waals surface area contributed by atoms with Crippen molar-refractivity contribution in [3.05, 3.63) is 0 Å². The van der Waals surface area contributed by atoms with Gasteiger partial charge in [0.2, 0.25) is 0 Å². The van der Waals surface area contributed by atoms with E-state index in [4.69, 9.17) is 0 Å². The van der Waals surface area contributed by atoms with Crippen LogP contribution in [0.3, 0.4) is 0 Å². The van der Waals surface area contributed by atoms with Crippen LogP contribution >= 0.6 is 0 Å². The second-order valence-electron chi connectivity index (χ2n) is 8.11. The molecule has 1 nitrogen and oxygen atoms in total. The van der Waals surface area contributed by atoms with E-state index >= 15 is 0 Å². The molecule has 0 aliphatic heterocycles. The van der Waals surface area contributed by atoms with Crippen LogP contribution in [0.15, 0.2) is 0 Å². The minimum atomic E-state index is 0.505. The van der Waals surface area contributed by atoms with E-state index in [1.54, 1.807) is 0 Å². The van der Waals surface area contributed by atoms with Gasteiger partial charge >= 0.3 is 0 Å². The standard InChI is InChI=1S/C16H31N/c1-12-10-15(2,3)11-13(12)17-14-8-6-7-9-16(14,4)5/h12-14,17H,6-11H2,1-5H3. The van der Waals surface area contributed by atoms with Gasteiger partial charge in [-0.1, -0.05) is 47.5 Å². The van der Waals surface area contributed by atoms with Gasteiger partial charge in [-0.15, -0.1) is 0 Å². The minimum Gasteiger partial charge on any atom is -0.310 e. The van der Waals surface area contributed by atoms with Gasteiger partial charge in [0.1, 0.15) is 0 Å². The fourth-order valence-electron chi connectivity index (χ4n) is 4.18. The molecule has 0 aromatic rings. The summed E-state index contributed by atoms with van der Waals surface area (Å²) in [5, 5.41) is 4.01.